The van der Waals surface area contributed by atoms with E-state index in [0.29, 0.717) is 13.2 Å². The number of nitrogens with zero attached hydrogens (tertiary/aromatic N) is 1. The largest absolute Gasteiger partial charge is 0.486 e. The van der Waals surface area contributed by atoms with Crippen LogP contribution in [-0.4, -0.2) is 41.9 Å². The molecule has 0 aromatic heterocycles. The summed E-state index contributed by atoms with van der Waals surface area (Å²) >= 11 is 3.44. The molecule has 0 radical (unpaired) electrons. The number of carbonyl (C=O) groups excluding carboxylic acids is 1. The maximum absolute atomic E-state index is 12.2. The average Bonchev–Trinajstić information content (AvgIpc) is 2.45. The molecule has 1 aliphatic heterocycles. The standard InChI is InChI=1S/C15H20BrNO3/c1-10(2)14(16)15(18)17(3)8-11-9-19-12-6-4-5-7-13(12)20-11/h4-7,10-11,14H,8-9H2,1-3H3. The van der Waals surface area contributed by atoms with E-state index in [1.807, 2.05) is 38.1 Å². The summed E-state index contributed by atoms with van der Waals surface area (Å²) in [5.41, 5.74) is 0. The third kappa shape index (κ3) is 3.45. The monoisotopic (exact) mass is 341 g/mol. The molecule has 0 N–H and O–H groups in total. The number of carbonyl (C=O) groups is 1. The van der Waals surface area contributed by atoms with Crippen molar-refractivity contribution in [3.63, 3.8) is 0 Å². The second kappa shape index (κ2) is 6.48. The lowest BCUT2D eigenvalue weighted by Crippen LogP contribution is -2.44. The Labute approximate surface area is 128 Å². The number of ether oxygens (including phenoxy) is 2. The van der Waals surface area contributed by atoms with Crippen molar-refractivity contribution in [2.24, 2.45) is 5.92 Å². The number of halogens is 1. The van der Waals surface area contributed by atoms with Gasteiger partial charge < -0.3 is 14.4 Å². The summed E-state index contributed by atoms with van der Waals surface area (Å²) < 4.78 is 11.5. The van der Waals surface area contributed by atoms with Crippen molar-refractivity contribution < 1.29 is 14.3 Å². The number of benzene rings is 1. The van der Waals surface area contributed by atoms with Gasteiger partial charge in [-0.3, -0.25) is 4.79 Å². The fraction of sp³-hybridized carbons (Fsp3) is 0.533. The van der Waals surface area contributed by atoms with Gasteiger partial charge in [-0.2, -0.15) is 0 Å². The first-order valence-electron chi connectivity index (χ1n) is 6.76. The van der Waals surface area contributed by atoms with Crippen LogP contribution in [0.5, 0.6) is 11.5 Å². The van der Waals surface area contributed by atoms with Gasteiger partial charge in [0.1, 0.15) is 6.61 Å². The fourth-order valence-corrected chi connectivity index (χ4v) is 2.39. The molecule has 1 amide bonds. The molecule has 2 atom stereocenters. The molecule has 1 heterocycles. The van der Waals surface area contributed by atoms with Gasteiger partial charge in [0.25, 0.3) is 0 Å². The zero-order valence-electron chi connectivity index (χ0n) is 12.0. The fourth-order valence-electron chi connectivity index (χ4n) is 2.04. The van der Waals surface area contributed by atoms with E-state index in [4.69, 9.17) is 9.47 Å². The van der Waals surface area contributed by atoms with E-state index in [-0.39, 0.29) is 22.8 Å². The minimum Gasteiger partial charge on any atom is -0.486 e. The second-order valence-electron chi connectivity index (χ2n) is 5.36. The quantitative estimate of drug-likeness (QED) is 0.790. The highest BCUT2D eigenvalue weighted by atomic mass is 79.9. The SMILES string of the molecule is CC(C)C(Br)C(=O)N(C)CC1COc2ccccc2O1. The van der Waals surface area contributed by atoms with Crippen molar-refractivity contribution in [1.29, 1.82) is 0 Å². The number of fused-ring (bicyclic) bond motifs is 1. The molecule has 1 aliphatic rings. The topological polar surface area (TPSA) is 38.8 Å². The predicted molar refractivity (Wildman–Crippen MR) is 81.5 cm³/mol. The zero-order valence-corrected chi connectivity index (χ0v) is 13.6. The van der Waals surface area contributed by atoms with Crippen molar-refractivity contribution in [1.82, 2.24) is 4.90 Å². The highest BCUT2D eigenvalue weighted by Gasteiger charge is 2.27. The molecular formula is C15H20BrNO3. The molecular weight excluding hydrogens is 322 g/mol. The zero-order chi connectivity index (χ0) is 14.7. The molecule has 2 unspecified atom stereocenters. The Morgan fingerprint density at radius 1 is 1.40 bits per heavy atom. The maximum Gasteiger partial charge on any atom is 0.236 e. The van der Waals surface area contributed by atoms with Crippen molar-refractivity contribution in [2.45, 2.75) is 24.8 Å². The van der Waals surface area contributed by atoms with Crippen molar-refractivity contribution >= 4 is 21.8 Å². The summed E-state index contributed by atoms with van der Waals surface area (Å²) in [6, 6.07) is 7.58. The highest BCUT2D eigenvalue weighted by Crippen LogP contribution is 2.31. The van der Waals surface area contributed by atoms with E-state index in [9.17, 15) is 4.79 Å². The Hall–Kier alpha value is -1.23. The van der Waals surface area contributed by atoms with Gasteiger partial charge in [-0.25, -0.2) is 0 Å². The Bertz CT molecular complexity index is 478. The summed E-state index contributed by atoms with van der Waals surface area (Å²) in [7, 11) is 1.79. The van der Waals surface area contributed by atoms with Crippen LogP contribution in [-0.2, 0) is 4.79 Å². The molecule has 0 fully saturated rings. The molecule has 1 aromatic rings. The molecule has 0 aliphatic carbocycles. The van der Waals surface area contributed by atoms with Crippen LogP contribution in [0.15, 0.2) is 24.3 Å². The van der Waals surface area contributed by atoms with E-state index in [0.717, 1.165) is 11.5 Å². The molecule has 0 saturated heterocycles. The van der Waals surface area contributed by atoms with Gasteiger partial charge >= 0.3 is 0 Å². The summed E-state index contributed by atoms with van der Waals surface area (Å²) in [5.74, 6) is 1.83. The van der Waals surface area contributed by atoms with Crippen LogP contribution in [0.1, 0.15) is 13.8 Å². The van der Waals surface area contributed by atoms with Crippen LogP contribution in [0.3, 0.4) is 0 Å². The third-order valence-electron chi connectivity index (χ3n) is 3.24. The number of hydrogen-bond donors (Lipinski definition) is 0. The summed E-state index contributed by atoms with van der Waals surface area (Å²) in [5, 5.41) is 0. The number of amides is 1. The van der Waals surface area contributed by atoms with Crippen LogP contribution in [0.4, 0.5) is 0 Å². The van der Waals surface area contributed by atoms with Gasteiger partial charge in [0.15, 0.2) is 17.6 Å². The molecule has 2 rings (SSSR count). The number of likely N-dealkylation sites (N-methyl/N-ethyl adjacent to an activating group) is 1. The highest BCUT2D eigenvalue weighted by molar-refractivity contribution is 9.10. The minimum atomic E-state index is -0.163. The van der Waals surface area contributed by atoms with Gasteiger partial charge in [-0.1, -0.05) is 41.9 Å². The second-order valence-corrected chi connectivity index (χ2v) is 6.35. The maximum atomic E-state index is 12.2. The Morgan fingerprint density at radius 3 is 2.70 bits per heavy atom. The minimum absolute atomic E-state index is 0.0717. The Balaban J connectivity index is 1.93. The molecule has 0 saturated carbocycles. The third-order valence-corrected chi connectivity index (χ3v) is 4.69. The summed E-state index contributed by atoms with van der Waals surface area (Å²) in [4.78, 5) is 13.7. The van der Waals surface area contributed by atoms with Gasteiger partial charge in [-0.05, 0) is 18.1 Å². The van der Waals surface area contributed by atoms with Crippen LogP contribution >= 0.6 is 15.9 Å². The van der Waals surface area contributed by atoms with Gasteiger partial charge in [0, 0.05) is 7.05 Å². The molecule has 5 heteroatoms. The number of rotatable bonds is 4. The van der Waals surface area contributed by atoms with Gasteiger partial charge in [0.2, 0.25) is 5.91 Å². The molecule has 20 heavy (non-hydrogen) atoms. The number of alkyl halides is 1. The molecule has 0 bridgehead atoms. The smallest absolute Gasteiger partial charge is 0.236 e. The summed E-state index contributed by atoms with van der Waals surface area (Å²) in [6.07, 6.45) is -0.134. The van der Waals surface area contributed by atoms with Crippen molar-refractivity contribution in [2.75, 3.05) is 20.2 Å². The van der Waals surface area contributed by atoms with E-state index < -0.39 is 0 Å². The van der Waals surface area contributed by atoms with E-state index in [1.165, 1.54) is 0 Å². The first-order valence-corrected chi connectivity index (χ1v) is 7.68. The lowest BCUT2D eigenvalue weighted by atomic mass is 10.1. The predicted octanol–water partition coefficient (Wildman–Crippen LogP) is 2.70. The Morgan fingerprint density at radius 2 is 2.05 bits per heavy atom. The van der Waals surface area contributed by atoms with Gasteiger partial charge in [-0.15, -0.1) is 0 Å². The average molecular weight is 342 g/mol. The van der Waals surface area contributed by atoms with Crippen molar-refractivity contribution in [3.8, 4) is 11.5 Å². The number of para-hydroxylation sites is 2. The van der Waals surface area contributed by atoms with Gasteiger partial charge in [0.05, 0.1) is 11.4 Å². The van der Waals surface area contributed by atoms with Crippen molar-refractivity contribution in [3.05, 3.63) is 24.3 Å². The normalized spacial score (nSPS) is 18.8. The Kier molecular flexibility index (Phi) is 4.91. The van der Waals surface area contributed by atoms with Crippen LogP contribution in [0.25, 0.3) is 0 Å². The molecule has 110 valence electrons. The van der Waals surface area contributed by atoms with Crippen LogP contribution in [0, 0.1) is 5.92 Å². The van der Waals surface area contributed by atoms with Crippen LogP contribution < -0.4 is 9.47 Å². The van der Waals surface area contributed by atoms with E-state index >= 15 is 0 Å². The summed E-state index contributed by atoms with van der Waals surface area (Å²) in [6.45, 7) is 5.01. The van der Waals surface area contributed by atoms with Crippen LogP contribution in [0.2, 0.25) is 0 Å². The molecule has 1 aromatic carbocycles. The molecule has 0 spiro atoms. The first kappa shape index (κ1) is 15.2. The molecule has 4 nitrogen and oxygen atoms in total. The lowest BCUT2D eigenvalue weighted by molar-refractivity contribution is -0.131. The lowest BCUT2D eigenvalue weighted by Gasteiger charge is -2.30. The van der Waals surface area contributed by atoms with E-state index in [1.54, 1.807) is 11.9 Å². The number of hydrogen-bond acceptors (Lipinski definition) is 3. The van der Waals surface area contributed by atoms with E-state index in [2.05, 4.69) is 15.9 Å². The first-order chi connectivity index (χ1) is 9.49.